The third-order valence-corrected chi connectivity index (χ3v) is 2.26. The lowest BCUT2D eigenvalue weighted by molar-refractivity contribution is -0.179. The van der Waals surface area contributed by atoms with Crippen LogP contribution >= 0.6 is 0 Å². The molecule has 0 nitrogen and oxygen atoms in total. The summed E-state index contributed by atoms with van der Waals surface area (Å²) in [7, 11) is 0. The first-order chi connectivity index (χ1) is 5.00. The van der Waals surface area contributed by atoms with Gasteiger partial charge in [0.05, 0.1) is 5.92 Å². The van der Waals surface area contributed by atoms with Crippen molar-refractivity contribution in [2.75, 3.05) is 0 Å². The summed E-state index contributed by atoms with van der Waals surface area (Å²) in [6.07, 6.45) is -0.992. The third-order valence-electron chi connectivity index (χ3n) is 2.26. The molecular weight excluding hydrogens is 153 g/mol. The highest BCUT2D eigenvalue weighted by Gasteiger charge is 2.40. The Hall–Kier alpha value is -0.210. The first-order valence-corrected chi connectivity index (χ1v) is 3.90. The van der Waals surface area contributed by atoms with Crippen molar-refractivity contribution in [2.24, 2.45) is 11.8 Å². The highest BCUT2D eigenvalue weighted by atomic mass is 19.4. The Balaban J connectivity index is 2.39. The monoisotopic (exact) mass is 165 g/mol. The fraction of sp³-hybridized carbons (Fsp3) is 0.875. The number of hydrogen-bond donors (Lipinski definition) is 0. The predicted octanol–water partition coefficient (Wildman–Crippen LogP) is 3.19. The van der Waals surface area contributed by atoms with E-state index in [0.717, 1.165) is 0 Å². The van der Waals surface area contributed by atoms with E-state index < -0.39 is 12.1 Å². The molecule has 0 amide bonds. The topological polar surface area (TPSA) is 0 Å². The molecule has 3 heteroatoms. The molecular formula is C8H12F3. The zero-order valence-corrected chi connectivity index (χ0v) is 6.49. The van der Waals surface area contributed by atoms with Gasteiger partial charge in [-0.2, -0.15) is 13.2 Å². The van der Waals surface area contributed by atoms with E-state index in [2.05, 4.69) is 0 Å². The summed E-state index contributed by atoms with van der Waals surface area (Å²) in [6, 6.07) is 0. The van der Waals surface area contributed by atoms with E-state index in [0.29, 0.717) is 18.8 Å². The molecule has 0 N–H and O–H groups in total. The molecule has 0 aromatic carbocycles. The lowest BCUT2D eigenvalue weighted by Crippen LogP contribution is -2.27. The van der Waals surface area contributed by atoms with E-state index in [4.69, 9.17) is 0 Å². The average Bonchev–Trinajstić information content (AvgIpc) is 1.86. The molecule has 11 heavy (non-hydrogen) atoms. The van der Waals surface area contributed by atoms with Crippen LogP contribution in [0.5, 0.6) is 0 Å². The summed E-state index contributed by atoms with van der Waals surface area (Å²) in [5.74, 6) is -0.702. The van der Waals surface area contributed by atoms with Gasteiger partial charge in [-0.3, -0.25) is 0 Å². The second-order valence-corrected chi connectivity index (χ2v) is 3.26. The van der Waals surface area contributed by atoms with Crippen molar-refractivity contribution in [1.82, 2.24) is 0 Å². The fourth-order valence-corrected chi connectivity index (χ4v) is 1.39. The van der Waals surface area contributed by atoms with Crippen molar-refractivity contribution in [3.05, 3.63) is 6.42 Å². The van der Waals surface area contributed by atoms with Crippen molar-refractivity contribution in [1.29, 1.82) is 0 Å². The van der Waals surface area contributed by atoms with E-state index in [1.54, 1.807) is 6.42 Å². The SMILES string of the molecule is CC1[CH]CC(C(F)(F)F)CC1. The van der Waals surface area contributed by atoms with Gasteiger partial charge >= 0.3 is 6.18 Å². The zero-order chi connectivity index (χ0) is 8.48. The maximum atomic E-state index is 12.0. The van der Waals surface area contributed by atoms with Gasteiger partial charge in [0.15, 0.2) is 0 Å². The summed E-state index contributed by atoms with van der Waals surface area (Å²) in [6.45, 7) is 1.96. The lowest BCUT2D eigenvalue weighted by atomic mass is 9.83. The molecule has 0 bridgehead atoms. The molecule has 65 valence electrons. The smallest absolute Gasteiger partial charge is 0.171 e. The third kappa shape index (κ3) is 2.38. The molecule has 1 aliphatic carbocycles. The minimum atomic E-state index is -3.98. The molecule has 0 saturated heterocycles. The van der Waals surface area contributed by atoms with Crippen LogP contribution in [0.2, 0.25) is 0 Å². The van der Waals surface area contributed by atoms with Gasteiger partial charge in [-0.1, -0.05) is 6.92 Å². The van der Waals surface area contributed by atoms with Crippen LogP contribution in [0, 0.1) is 18.3 Å². The van der Waals surface area contributed by atoms with Crippen LogP contribution in [0.15, 0.2) is 0 Å². The minimum absolute atomic E-state index is 0.213. The zero-order valence-electron chi connectivity index (χ0n) is 6.49. The maximum Gasteiger partial charge on any atom is 0.391 e. The van der Waals surface area contributed by atoms with Crippen LogP contribution in [0.1, 0.15) is 26.2 Å². The molecule has 0 aliphatic heterocycles. The van der Waals surface area contributed by atoms with Crippen molar-refractivity contribution in [3.63, 3.8) is 0 Å². The van der Waals surface area contributed by atoms with Crippen LogP contribution in [-0.4, -0.2) is 6.18 Å². The van der Waals surface area contributed by atoms with Gasteiger partial charge < -0.3 is 0 Å². The average molecular weight is 165 g/mol. The molecule has 1 aliphatic rings. The second-order valence-electron chi connectivity index (χ2n) is 3.26. The Morgan fingerprint density at radius 3 is 2.27 bits per heavy atom. The highest BCUT2D eigenvalue weighted by Crippen LogP contribution is 2.38. The number of alkyl halides is 3. The van der Waals surface area contributed by atoms with Gasteiger partial charge in [-0.25, -0.2) is 0 Å². The van der Waals surface area contributed by atoms with E-state index >= 15 is 0 Å². The Bertz CT molecular complexity index is 120. The van der Waals surface area contributed by atoms with Crippen LogP contribution in [-0.2, 0) is 0 Å². The molecule has 0 spiro atoms. The molecule has 1 rings (SSSR count). The number of hydrogen-bond acceptors (Lipinski definition) is 0. The first kappa shape index (κ1) is 8.88. The van der Waals surface area contributed by atoms with E-state index in [-0.39, 0.29) is 6.42 Å². The van der Waals surface area contributed by atoms with Crippen molar-refractivity contribution in [3.8, 4) is 0 Å². The highest BCUT2D eigenvalue weighted by molar-refractivity contribution is 4.85. The molecule has 2 unspecified atom stereocenters. The molecule has 1 radical (unpaired) electrons. The van der Waals surface area contributed by atoms with Crippen molar-refractivity contribution < 1.29 is 13.2 Å². The Labute approximate surface area is 64.8 Å². The second kappa shape index (κ2) is 3.03. The van der Waals surface area contributed by atoms with E-state index in [1.807, 2.05) is 6.92 Å². The minimum Gasteiger partial charge on any atom is -0.171 e. The lowest BCUT2D eigenvalue weighted by Gasteiger charge is -2.27. The Kier molecular flexibility index (Phi) is 2.45. The van der Waals surface area contributed by atoms with Gasteiger partial charge in [0.25, 0.3) is 0 Å². The summed E-state index contributed by atoms with van der Waals surface area (Å²) in [5, 5.41) is 0. The standard InChI is InChI=1S/C8H12F3/c1-6-2-4-7(5-3-6)8(9,10)11/h2,6-7H,3-5H2,1H3. The predicted molar refractivity (Wildman–Crippen MR) is 36.9 cm³/mol. The summed E-state index contributed by atoms with van der Waals surface area (Å²) in [4.78, 5) is 0. The normalized spacial score (nSPS) is 33.8. The van der Waals surface area contributed by atoms with Crippen LogP contribution < -0.4 is 0 Å². The molecule has 2 atom stereocenters. The Morgan fingerprint density at radius 1 is 1.27 bits per heavy atom. The molecule has 1 fully saturated rings. The maximum absolute atomic E-state index is 12.0. The Morgan fingerprint density at radius 2 is 1.91 bits per heavy atom. The van der Waals surface area contributed by atoms with Crippen LogP contribution in [0.3, 0.4) is 0 Å². The molecule has 0 aromatic rings. The summed E-state index contributed by atoms with van der Waals surface area (Å²) >= 11 is 0. The van der Waals surface area contributed by atoms with Crippen LogP contribution in [0.25, 0.3) is 0 Å². The van der Waals surface area contributed by atoms with Gasteiger partial charge in [0.2, 0.25) is 0 Å². The van der Waals surface area contributed by atoms with Crippen molar-refractivity contribution >= 4 is 0 Å². The number of halogens is 3. The van der Waals surface area contributed by atoms with E-state index in [9.17, 15) is 13.2 Å². The van der Waals surface area contributed by atoms with Crippen molar-refractivity contribution in [2.45, 2.75) is 32.4 Å². The van der Waals surface area contributed by atoms with Gasteiger partial charge in [0.1, 0.15) is 0 Å². The summed E-state index contributed by atoms with van der Waals surface area (Å²) in [5.41, 5.74) is 0. The van der Waals surface area contributed by atoms with Crippen LogP contribution in [0.4, 0.5) is 13.2 Å². The fourth-order valence-electron chi connectivity index (χ4n) is 1.39. The van der Waals surface area contributed by atoms with E-state index in [1.165, 1.54) is 0 Å². The summed E-state index contributed by atoms with van der Waals surface area (Å²) < 4.78 is 36.1. The quantitative estimate of drug-likeness (QED) is 0.517. The van der Waals surface area contributed by atoms with Gasteiger partial charge in [-0.05, 0) is 31.6 Å². The molecule has 1 saturated carbocycles. The van der Waals surface area contributed by atoms with Gasteiger partial charge in [-0.15, -0.1) is 0 Å². The first-order valence-electron chi connectivity index (χ1n) is 3.90. The number of rotatable bonds is 0. The molecule has 0 aromatic heterocycles. The largest absolute Gasteiger partial charge is 0.391 e. The van der Waals surface area contributed by atoms with Gasteiger partial charge in [0, 0.05) is 0 Å². The molecule has 0 heterocycles.